The number of benzene rings is 1. The van der Waals surface area contributed by atoms with Crippen LogP contribution in [0.25, 0.3) is 17.6 Å². The number of pyridine rings is 1. The highest BCUT2D eigenvalue weighted by Gasteiger charge is 2.39. The van der Waals surface area contributed by atoms with Crippen molar-refractivity contribution in [2.75, 3.05) is 13.7 Å². The average molecular weight is 585 g/mol. The lowest BCUT2D eigenvalue weighted by atomic mass is 10.1. The highest BCUT2D eigenvalue weighted by Crippen LogP contribution is 2.36. The molecule has 0 radical (unpaired) electrons. The standard InChI is InChI=1S/C27H29F5N4O5/c1-4-35-23(15-40-24-9-5-6-11-39-24)34-36(26(35)37)21-14-22(41-16(2)27(30,31)32)18(13-20(21)29)19(28)12-17-8-7-10-33-25(17)38-3/h7-8,10,12-14,16,24H,4-6,9,11,15H2,1-3H3/b19-12-/t16-,24?/m0/s1. The van der Waals surface area contributed by atoms with Gasteiger partial charge in [-0.25, -0.2) is 18.6 Å². The van der Waals surface area contributed by atoms with Gasteiger partial charge >= 0.3 is 11.9 Å². The summed E-state index contributed by atoms with van der Waals surface area (Å²) in [5, 5.41) is 4.17. The molecular weight excluding hydrogens is 555 g/mol. The van der Waals surface area contributed by atoms with E-state index in [0.717, 1.165) is 31.9 Å². The quantitative estimate of drug-likeness (QED) is 0.294. The van der Waals surface area contributed by atoms with E-state index in [0.29, 0.717) is 23.8 Å². The lowest BCUT2D eigenvalue weighted by Gasteiger charge is -2.22. The number of ether oxygens (including phenoxy) is 4. The molecule has 222 valence electrons. The van der Waals surface area contributed by atoms with E-state index in [1.165, 1.54) is 30.0 Å². The van der Waals surface area contributed by atoms with Gasteiger partial charge in [0.05, 0.1) is 12.7 Å². The fraction of sp³-hybridized carbons (Fsp3) is 0.444. The van der Waals surface area contributed by atoms with Gasteiger partial charge in [0.2, 0.25) is 5.88 Å². The summed E-state index contributed by atoms with van der Waals surface area (Å²) in [5.74, 6) is -2.72. The first-order valence-corrected chi connectivity index (χ1v) is 12.9. The second-order valence-corrected chi connectivity index (χ2v) is 9.16. The van der Waals surface area contributed by atoms with E-state index in [2.05, 4.69) is 10.1 Å². The largest absolute Gasteiger partial charge is 0.481 e. The fourth-order valence-corrected chi connectivity index (χ4v) is 4.17. The summed E-state index contributed by atoms with van der Waals surface area (Å²) in [6.07, 6.45) is -2.88. The maximum Gasteiger partial charge on any atom is 0.425 e. The van der Waals surface area contributed by atoms with Gasteiger partial charge in [0.25, 0.3) is 0 Å². The van der Waals surface area contributed by atoms with E-state index in [9.17, 15) is 18.0 Å². The zero-order valence-electron chi connectivity index (χ0n) is 22.6. The van der Waals surface area contributed by atoms with E-state index >= 15 is 8.78 Å². The van der Waals surface area contributed by atoms with Gasteiger partial charge in [0.1, 0.15) is 29.7 Å². The zero-order valence-corrected chi connectivity index (χ0v) is 22.6. The van der Waals surface area contributed by atoms with Crippen molar-refractivity contribution in [2.45, 2.75) is 64.8 Å². The second kappa shape index (κ2) is 12.8. The molecule has 0 amide bonds. The number of rotatable bonds is 10. The Labute approximate surface area is 232 Å². The number of hydrogen-bond donors (Lipinski definition) is 0. The summed E-state index contributed by atoms with van der Waals surface area (Å²) >= 11 is 0. The first-order chi connectivity index (χ1) is 19.5. The summed E-state index contributed by atoms with van der Waals surface area (Å²) in [4.78, 5) is 17.1. The van der Waals surface area contributed by atoms with Crippen LogP contribution in [0.4, 0.5) is 22.0 Å². The van der Waals surface area contributed by atoms with Crippen LogP contribution in [-0.4, -0.2) is 51.6 Å². The Morgan fingerprint density at radius 1 is 1.29 bits per heavy atom. The first-order valence-electron chi connectivity index (χ1n) is 12.9. The Bertz CT molecular complexity index is 1450. The number of halogens is 5. The van der Waals surface area contributed by atoms with Crippen molar-refractivity contribution >= 4 is 11.9 Å². The molecule has 1 unspecified atom stereocenters. The smallest absolute Gasteiger partial charge is 0.425 e. The summed E-state index contributed by atoms with van der Waals surface area (Å²) < 4.78 is 94.4. The predicted octanol–water partition coefficient (Wildman–Crippen LogP) is 5.44. The molecule has 1 fully saturated rings. The van der Waals surface area contributed by atoms with Crippen LogP contribution in [0, 0.1) is 5.82 Å². The minimum atomic E-state index is -4.81. The van der Waals surface area contributed by atoms with Gasteiger partial charge in [-0.2, -0.15) is 17.9 Å². The van der Waals surface area contributed by atoms with Crippen LogP contribution < -0.4 is 15.2 Å². The second-order valence-electron chi connectivity index (χ2n) is 9.16. The Morgan fingerprint density at radius 3 is 2.73 bits per heavy atom. The molecule has 1 aliphatic rings. The third-order valence-electron chi connectivity index (χ3n) is 6.37. The van der Waals surface area contributed by atoms with E-state index in [-0.39, 0.29) is 30.4 Å². The Hall–Kier alpha value is -3.78. The monoisotopic (exact) mass is 584 g/mol. The topological polar surface area (TPSA) is 89.6 Å². The van der Waals surface area contributed by atoms with Gasteiger partial charge in [-0.15, -0.1) is 5.10 Å². The van der Waals surface area contributed by atoms with Crippen molar-refractivity contribution in [3.05, 3.63) is 63.7 Å². The van der Waals surface area contributed by atoms with Crippen molar-refractivity contribution in [3.8, 4) is 17.3 Å². The zero-order chi connectivity index (χ0) is 29.7. The molecule has 1 aromatic carbocycles. The van der Waals surface area contributed by atoms with E-state index in [1.807, 2.05) is 0 Å². The molecule has 9 nitrogen and oxygen atoms in total. The lowest BCUT2D eigenvalue weighted by Crippen LogP contribution is -2.31. The summed E-state index contributed by atoms with van der Waals surface area (Å²) in [6.45, 7) is 2.95. The van der Waals surface area contributed by atoms with Crippen molar-refractivity contribution < 1.29 is 40.9 Å². The number of nitrogens with zero attached hydrogens (tertiary/aromatic N) is 4. The average Bonchev–Trinajstić information content (AvgIpc) is 3.27. The number of methoxy groups -OCH3 is 1. The van der Waals surface area contributed by atoms with Crippen molar-refractivity contribution in [2.24, 2.45) is 0 Å². The van der Waals surface area contributed by atoms with Crippen molar-refractivity contribution in [1.29, 1.82) is 0 Å². The van der Waals surface area contributed by atoms with Crippen LogP contribution in [0.3, 0.4) is 0 Å². The molecule has 4 rings (SSSR count). The third-order valence-corrected chi connectivity index (χ3v) is 6.37. The molecule has 14 heteroatoms. The number of aromatic nitrogens is 4. The normalized spacial score (nSPS) is 17.0. The highest BCUT2D eigenvalue weighted by molar-refractivity contribution is 5.81. The van der Waals surface area contributed by atoms with Crippen LogP contribution in [0.15, 0.2) is 35.3 Å². The summed E-state index contributed by atoms with van der Waals surface area (Å²) in [7, 11) is 1.31. The first kappa shape index (κ1) is 30.2. The number of hydrogen-bond acceptors (Lipinski definition) is 7. The van der Waals surface area contributed by atoms with E-state index < -0.39 is 52.9 Å². The maximum atomic E-state index is 15.5. The van der Waals surface area contributed by atoms with Crippen molar-refractivity contribution in [3.63, 3.8) is 0 Å². The Morgan fingerprint density at radius 2 is 2.07 bits per heavy atom. The van der Waals surface area contributed by atoms with E-state index in [1.54, 1.807) is 6.92 Å². The lowest BCUT2D eigenvalue weighted by molar-refractivity contribution is -0.189. The predicted molar refractivity (Wildman–Crippen MR) is 138 cm³/mol. The molecule has 3 aromatic rings. The van der Waals surface area contributed by atoms with E-state index in [4.69, 9.17) is 18.9 Å². The van der Waals surface area contributed by atoms with Gasteiger partial charge in [0.15, 0.2) is 18.2 Å². The minimum absolute atomic E-state index is 0.0379. The molecular formula is C27H29F5N4O5. The van der Waals surface area contributed by atoms with Crippen LogP contribution in [0.2, 0.25) is 0 Å². The molecule has 0 saturated carbocycles. The highest BCUT2D eigenvalue weighted by atomic mass is 19.4. The molecule has 3 heterocycles. The molecule has 41 heavy (non-hydrogen) atoms. The summed E-state index contributed by atoms with van der Waals surface area (Å²) in [6, 6.07) is 4.40. The molecule has 0 aliphatic carbocycles. The van der Waals surface area contributed by atoms with Crippen LogP contribution in [-0.2, 0) is 22.6 Å². The van der Waals surface area contributed by atoms with Gasteiger partial charge < -0.3 is 18.9 Å². The molecule has 0 N–H and O–H groups in total. The van der Waals surface area contributed by atoms with Gasteiger partial charge in [-0.05, 0) is 57.4 Å². The minimum Gasteiger partial charge on any atom is -0.481 e. The van der Waals surface area contributed by atoms with Gasteiger partial charge in [-0.1, -0.05) is 0 Å². The Kier molecular flexibility index (Phi) is 9.43. The molecule has 1 aliphatic heterocycles. The van der Waals surface area contributed by atoms with Gasteiger partial charge in [0, 0.05) is 31.0 Å². The van der Waals surface area contributed by atoms with Crippen molar-refractivity contribution in [1.82, 2.24) is 19.3 Å². The van der Waals surface area contributed by atoms with Crippen LogP contribution in [0.5, 0.6) is 11.6 Å². The molecule has 0 bridgehead atoms. The number of alkyl halides is 3. The van der Waals surface area contributed by atoms with Gasteiger partial charge in [-0.3, -0.25) is 4.57 Å². The molecule has 1 saturated heterocycles. The molecule has 0 spiro atoms. The fourth-order valence-electron chi connectivity index (χ4n) is 4.17. The SMILES string of the molecule is CCn1c(COC2CCCCO2)nn(-c2cc(O[C@@H](C)C(F)(F)F)c(/C(F)=C/c3cccnc3OC)cc2F)c1=O. The summed E-state index contributed by atoms with van der Waals surface area (Å²) in [5.41, 5.74) is -1.77. The van der Waals surface area contributed by atoms with Crippen LogP contribution >= 0.6 is 0 Å². The third kappa shape index (κ3) is 6.93. The molecule has 2 atom stereocenters. The molecule has 2 aromatic heterocycles. The van der Waals surface area contributed by atoms with Crippen LogP contribution in [0.1, 0.15) is 50.1 Å². The Balaban J connectivity index is 1.77. The maximum absolute atomic E-state index is 15.5.